The topological polar surface area (TPSA) is 80.9 Å². The number of carbonyl (C=O) groups excluding carboxylic acids is 1. The first-order valence-electron chi connectivity index (χ1n) is 5.61. The van der Waals surface area contributed by atoms with Gasteiger partial charge in [0.05, 0.1) is 23.5 Å². The van der Waals surface area contributed by atoms with Gasteiger partial charge in [-0.1, -0.05) is 11.6 Å². The lowest BCUT2D eigenvalue weighted by molar-refractivity contribution is 0.0939. The fourth-order valence-electron chi connectivity index (χ4n) is 1.53. The Morgan fingerprint density at radius 1 is 1.58 bits per heavy atom. The normalized spacial score (nSPS) is 12.2. The third-order valence-electron chi connectivity index (χ3n) is 2.46. The molecule has 7 heteroatoms. The molecule has 0 aliphatic heterocycles. The molecule has 0 saturated carbocycles. The standard InChI is InChI=1S/C12H13ClN4OS/c1-6-5-19-12(16-6)7(2)17-11(18)9-3-8(14)4-15-10(9)13/h3-5,7H,14H2,1-2H3,(H,17,18). The van der Waals surface area contributed by atoms with Crippen LogP contribution in [0.15, 0.2) is 17.6 Å². The van der Waals surface area contributed by atoms with E-state index in [0.29, 0.717) is 5.69 Å². The van der Waals surface area contributed by atoms with E-state index in [2.05, 4.69) is 15.3 Å². The average molecular weight is 297 g/mol. The maximum atomic E-state index is 12.1. The van der Waals surface area contributed by atoms with Gasteiger partial charge in [0.25, 0.3) is 5.91 Å². The van der Waals surface area contributed by atoms with Crippen molar-refractivity contribution in [2.24, 2.45) is 0 Å². The molecular weight excluding hydrogens is 284 g/mol. The fourth-order valence-corrected chi connectivity index (χ4v) is 2.52. The van der Waals surface area contributed by atoms with Crippen LogP contribution in [0.2, 0.25) is 5.15 Å². The van der Waals surface area contributed by atoms with Crippen molar-refractivity contribution in [2.75, 3.05) is 5.73 Å². The fraction of sp³-hybridized carbons (Fsp3) is 0.250. The molecule has 100 valence electrons. The van der Waals surface area contributed by atoms with Gasteiger partial charge in [-0.15, -0.1) is 11.3 Å². The van der Waals surface area contributed by atoms with Gasteiger partial charge in [-0.2, -0.15) is 0 Å². The van der Waals surface area contributed by atoms with Crippen LogP contribution in [0.25, 0.3) is 0 Å². The largest absolute Gasteiger partial charge is 0.397 e. The molecule has 0 saturated heterocycles. The van der Waals surface area contributed by atoms with Crippen LogP contribution in [0.1, 0.15) is 34.0 Å². The van der Waals surface area contributed by atoms with Gasteiger partial charge in [-0.25, -0.2) is 9.97 Å². The van der Waals surface area contributed by atoms with Gasteiger partial charge in [0.1, 0.15) is 10.2 Å². The Kier molecular flexibility index (Phi) is 4.01. The molecule has 1 unspecified atom stereocenters. The van der Waals surface area contributed by atoms with Gasteiger partial charge in [-0.3, -0.25) is 4.79 Å². The highest BCUT2D eigenvalue weighted by atomic mass is 35.5. The van der Waals surface area contributed by atoms with Gasteiger partial charge >= 0.3 is 0 Å². The first-order valence-corrected chi connectivity index (χ1v) is 6.87. The number of anilines is 1. The van der Waals surface area contributed by atoms with Crippen molar-refractivity contribution < 1.29 is 4.79 Å². The van der Waals surface area contributed by atoms with Gasteiger partial charge in [0.15, 0.2) is 0 Å². The Bertz CT molecular complexity index is 614. The van der Waals surface area contributed by atoms with E-state index in [9.17, 15) is 4.79 Å². The second-order valence-electron chi connectivity index (χ2n) is 4.13. The number of nitrogens with one attached hydrogen (secondary N) is 1. The smallest absolute Gasteiger partial charge is 0.255 e. The van der Waals surface area contributed by atoms with Crippen LogP contribution in [0.4, 0.5) is 5.69 Å². The van der Waals surface area contributed by atoms with Crippen molar-refractivity contribution in [2.45, 2.75) is 19.9 Å². The van der Waals surface area contributed by atoms with Crippen LogP contribution in [-0.2, 0) is 0 Å². The molecule has 0 fully saturated rings. The summed E-state index contributed by atoms with van der Waals surface area (Å²) in [4.78, 5) is 20.3. The molecule has 0 aromatic carbocycles. The summed E-state index contributed by atoms with van der Waals surface area (Å²) in [5, 5.41) is 5.74. The number of hydrogen-bond donors (Lipinski definition) is 2. The number of aryl methyl sites for hydroxylation is 1. The van der Waals surface area contributed by atoms with Crippen molar-refractivity contribution in [3.8, 4) is 0 Å². The molecule has 1 atom stereocenters. The van der Waals surface area contributed by atoms with Crippen LogP contribution < -0.4 is 11.1 Å². The number of nitrogen functional groups attached to an aromatic ring is 1. The molecule has 0 bridgehead atoms. The van der Waals surface area contributed by atoms with E-state index in [4.69, 9.17) is 17.3 Å². The zero-order chi connectivity index (χ0) is 14.0. The van der Waals surface area contributed by atoms with E-state index in [1.807, 2.05) is 19.2 Å². The number of thiazole rings is 1. The van der Waals surface area contributed by atoms with Crippen LogP contribution in [0.5, 0.6) is 0 Å². The van der Waals surface area contributed by atoms with E-state index in [1.54, 1.807) is 0 Å². The van der Waals surface area contributed by atoms with Crippen molar-refractivity contribution in [1.82, 2.24) is 15.3 Å². The summed E-state index contributed by atoms with van der Waals surface area (Å²) in [6.07, 6.45) is 1.41. The predicted octanol–water partition coefficient (Wildman–Crippen LogP) is 2.57. The number of nitrogens with two attached hydrogens (primary N) is 1. The Morgan fingerprint density at radius 2 is 2.32 bits per heavy atom. The average Bonchev–Trinajstić information content (AvgIpc) is 2.79. The molecule has 0 aliphatic rings. The first kappa shape index (κ1) is 13.8. The molecule has 1 amide bonds. The van der Waals surface area contributed by atoms with E-state index >= 15 is 0 Å². The highest BCUT2D eigenvalue weighted by Gasteiger charge is 2.17. The zero-order valence-electron chi connectivity index (χ0n) is 10.5. The van der Waals surface area contributed by atoms with E-state index in [1.165, 1.54) is 23.6 Å². The summed E-state index contributed by atoms with van der Waals surface area (Å²) >= 11 is 7.39. The van der Waals surface area contributed by atoms with Crippen LogP contribution in [0, 0.1) is 6.92 Å². The maximum absolute atomic E-state index is 12.1. The maximum Gasteiger partial charge on any atom is 0.255 e. The van der Waals surface area contributed by atoms with Gasteiger partial charge in [-0.05, 0) is 19.9 Å². The highest BCUT2D eigenvalue weighted by molar-refractivity contribution is 7.09. The summed E-state index contributed by atoms with van der Waals surface area (Å²) in [5.41, 5.74) is 7.20. The lowest BCUT2D eigenvalue weighted by Gasteiger charge is -2.12. The number of rotatable bonds is 3. The molecule has 0 radical (unpaired) electrons. The lowest BCUT2D eigenvalue weighted by atomic mass is 10.2. The highest BCUT2D eigenvalue weighted by Crippen LogP contribution is 2.20. The van der Waals surface area contributed by atoms with Gasteiger partial charge < -0.3 is 11.1 Å². The summed E-state index contributed by atoms with van der Waals surface area (Å²) in [5.74, 6) is -0.315. The molecule has 2 heterocycles. The van der Waals surface area contributed by atoms with Crippen molar-refractivity contribution >= 4 is 34.5 Å². The minimum absolute atomic E-state index is 0.134. The Balaban J connectivity index is 2.15. The number of amides is 1. The molecular formula is C12H13ClN4OS. The minimum Gasteiger partial charge on any atom is -0.397 e. The van der Waals surface area contributed by atoms with Crippen molar-refractivity contribution in [3.05, 3.63) is 39.1 Å². The first-order chi connectivity index (χ1) is 8.97. The summed E-state index contributed by atoms with van der Waals surface area (Å²) in [6, 6.07) is 1.31. The number of nitrogens with zero attached hydrogens (tertiary/aromatic N) is 2. The molecule has 19 heavy (non-hydrogen) atoms. The number of hydrogen-bond acceptors (Lipinski definition) is 5. The SMILES string of the molecule is Cc1csc(C(C)NC(=O)c2cc(N)cnc2Cl)n1. The van der Waals surface area contributed by atoms with Crippen LogP contribution >= 0.6 is 22.9 Å². The van der Waals surface area contributed by atoms with Crippen LogP contribution in [-0.4, -0.2) is 15.9 Å². The monoisotopic (exact) mass is 296 g/mol. The number of carbonyl (C=O) groups is 1. The number of pyridine rings is 1. The molecule has 2 aromatic heterocycles. The quantitative estimate of drug-likeness (QED) is 0.853. The second kappa shape index (κ2) is 5.54. The third kappa shape index (κ3) is 3.21. The zero-order valence-corrected chi connectivity index (χ0v) is 12.0. The van der Waals surface area contributed by atoms with Gasteiger partial charge in [0, 0.05) is 11.1 Å². The van der Waals surface area contributed by atoms with E-state index < -0.39 is 0 Å². The molecule has 5 nitrogen and oxygen atoms in total. The van der Waals surface area contributed by atoms with Crippen molar-refractivity contribution in [3.63, 3.8) is 0 Å². The number of aromatic nitrogens is 2. The summed E-state index contributed by atoms with van der Waals surface area (Å²) in [6.45, 7) is 3.77. The van der Waals surface area contributed by atoms with E-state index in [0.717, 1.165) is 10.7 Å². The second-order valence-corrected chi connectivity index (χ2v) is 5.38. The molecule has 3 N–H and O–H groups in total. The predicted molar refractivity (Wildman–Crippen MR) is 76.4 cm³/mol. The Labute approximate surface area is 119 Å². The Morgan fingerprint density at radius 3 is 2.95 bits per heavy atom. The number of halogens is 1. The molecule has 0 aliphatic carbocycles. The van der Waals surface area contributed by atoms with Crippen LogP contribution in [0.3, 0.4) is 0 Å². The summed E-state index contributed by atoms with van der Waals surface area (Å²) < 4.78 is 0. The van der Waals surface area contributed by atoms with Gasteiger partial charge in [0.2, 0.25) is 0 Å². The molecule has 2 rings (SSSR count). The summed E-state index contributed by atoms with van der Waals surface area (Å²) in [7, 11) is 0. The lowest BCUT2D eigenvalue weighted by Crippen LogP contribution is -2.27. The van der Waals surface area contributed by atoms with Crippen molar-refractivity contribution in [1.29, 1.82) is 0 Å². The molecule has 2 aromatic rings. The Hall–Kier alpha value is -1.66. The minimum atomic E-state index is -0.315. The van der Waals surface area contributed by atoms with E-state index in [-0.39, 0.29) is 22.7 Å². The third-order valence-corrected chi connectivity index (χ3v) is 3.91. The molecule has 0 spiro atoms.